The molecular formula is C49H31N7. The number of fused-ring (bicyclic) bond motifs is 7. The van der Waals surface area contributed by atoms with E-state index in [1.54, 1.807) is 6.20 Å². The molecule has 0 aliphatic carbocycles. The second-order valence-corrected chi connectivity index (χ2v) is 13.8. The maximum absolute atomic E-state index is 5.34. The van der Waals surface area contributed by atoms with Crippen molar-refractivity contribution in [3.63, 3.8) is 0 Å². The van der Waals surface area contributed by atoms with Gasteiger partial charge in [-0.2, -0.15) is 9.97 Å². The molecule has 0 atom stereocenters. The first-order chi connectivity index (χ1) is 27.8. The zero-order chi connectivity index (χ0) is 37.0. The SMILES string of the molecule is c1ccc(-c2cccc(-c3nc(-c4ccc(-c5ccccn5)nc4)nc(-n4c5ccccc5c5ccc6c7ccccc7n(-c7ccccc7)c6c54)n3)c2)cc1. The van der Waals surface area contributed by atoms with Gasteiger partial charge in [0.25, 0.3) is 0 Å². The van der Waals surface area contributed by atoms with E-state index in [1.165, 1.54) is 5.39 Å². The largest absolute Gasteiger partial charge is 0.307 e. The summed E-state index contributed by atoms with van der Waals surface area (Å²) in [4.78, 5) is 25.1. The van der Waals surface area contributed by atoms with Crippen LogP contribution in [0.15, 0.2) is 188 Å². The molecule has 0 saturated carbocycles. The first kappa shape index (κ1) is 31.7. The molecule has 11 rings (SSSR count). The van der Waals surface area contributed by atoms with Crippen LogP contribution >= 0.6 is 0 Å². The van der Waals surface area contributed by atoms with Crippen molar-refractivity contribution in [2.24, 2.45) is 0 Å². The summed E-state index contributed by atoms with van der Waals surface area (Å²) < 4.78 is 4.59. The van der Waals surface area contributed by atoms with Gasteiger partial charge < -0.3 is 4.57 Å². The van der Waals surface area contributed by atoms with Crippen LogP contribution in [0, 0.1) is 0 Å². The van der Waals surface area contributed by atoms with Gasteiger partial charge in [0.05, 0.1) is 33.5 Å². The number of benzene rings is 6. The third-order valence-corrected chi connectivity index (χ3v) is 10.5. The van der Waals surface area contributed by atoms with E-state index in [9.17, 15) is 0 Å². The number of hydrogen-bond acceptors (Lipinski definition) is 5. The molecule has 0 aliphatic heterocycles. The molecule has 0 N–H and O–H groups in total. The van der Waals surface area contributed by atoms with Crippen LogP contribution < -0.4 is 0 Å². The Hall–Kier alpha value is -7.77. The first-order valence-electron chi connectivity index (χ1n) is 18.6. The van der Waals surface area contributed by atoms with Crippen LogP contribution in [0.3, 0.4) is 0 Å². The Labute approximate surface area is 321 Å². The van der Waals surface area contributed by atoms with E-state index >= 15 is 0 Å². The lowest BCUT2D eigenvalue weighted by Crippen LogP contribution is -2.07. The highest BCUT2D eigenvalue weighted by atomic mass is 15.2. The molecule has 0 radical (unpaired) electrons. The van der Waals surface area contributed by atoms with E-state index in [2.05, 4.69) is 154 Å². The van der Waals surface area contributed by atoms with Crippen molar-refractivity contribution < 1.29 is 0 Å². The topological polar surface area (TPSA) is 74.3 Å². The Morgan fingerprint density at radius 1 is 0.357 bits per heavy atom. The molecule has 262 valence electrons. The average molecular weight is 718 g/mol. The maximum Gasteiger partial charge on any atom is 0.238 e. The Kier molecular flexibility index (Phi) is 7.35. The monoisotopic (exact) mass is 717 g/mol. The van der Waals surface area contributed by atoms with Gasteiger partial charge in [0.1, 0.15) is 0 Å². The normalized spacial score (nSPS) is 11.6. The van der Waals surface area contributed by atoms with Crippen molar-refractivity contribution >= 4 is 43.6 Å². The van der Waals surface area contributed by atoms with Crippen LogP contribution in [0.1, 0.15) is 0 Å². The highest BCUT2D eigenvalue weighted by molar-refractivity contribution is 6.23. The van der Waals surface area contributed by atoms with Gasteiger partial charge in [-0.05, 0) is 65.7 Å². The Morgan fingerprint density at radius 2 is 0.946 bits per heavy atom. The summed E-state index contributed by atoms with van der Waals surface area (Å²) >= 11 is 0. The van der Waals surface area contributed by atoms with Gasteiger partial charge in [0.2, 0.25) is 5.95 Å². The lowest BCUT2D eigenvalue weighted by Gasteiger charge is -2.13. The third kappa shape index (κ3) is 5.17. The van der Waals surface area contributed by atoms with Gasteiger partial charge >= 0.3 is 0 Å². The second kappa shape index (κ2) is 13.0. The molecule has 11 aromatic rings. The molecule has 5 aromatic heterocycles. The molecule has 0 spiro atoms. The van der Waals surface area contributed by atoms with Crippen molar-refractivity contribution in [1.82, 2.24) is 34.1 Å². The molecule has 6 aromatic carbocycles. The van der Waals surface area contributed by atoms with Crippen molar-refractivity contribution in [1.29, 1.82) is 0 Å². The minimum absolute atomic E-state index is 0.521. The lowest BCUT2D eigenvalue weighted by molar-refractivity contribution is 0.952. The fourth-order valence-corrected chi connectivity index (χ4v) is 7.94. The van der Waals surface area contributed by atoms with Gasteiger partial charge in [0.15, 0.2) is 11.6 Å². The van der Waals surface area contributed by atoms with E-state index < -0.39 is 0 Å². The second-order valence-electron chi connectivity index (χ2n) is 13.8. The molecule has 0 bridgehead atoms. The van der Waals surface area contributed by atoms with E-state index in [-0.39, 0.29) is 0 Å². The molecular weight excluding hydrogens is 687 g/mol. The zero-order valence-electron chi connectivity index (χ0n) is 30.0. The molecule has 0 fully saturated rings. The predicted molar refractivity (Wildman–Crippen MR) is 226 cm³/mol. The fraction of sp³-hybridized carbons (Fsp3) is 0. The van der Waals surface area contributed by atoms with Crippen molar-refractivity contribution in [3.05, 3.63) is 188 Å². The summed E-state index contributed by atoms with van der Waals surface area (Å²) in [5.41, 5.74) is 10.8. The number of rotatable bonds is 6. The molecule has 7 heteroatoms. The van der Waals surface area contributed by atoms with Crippen LogP contribution in [0.25, 0.3) is 101 Å². The minimum atomic E-state index is 0.521. The quantitative estimate of drug-likeness (QED) is 0.171. The van der Waals surface area contributed by atoms with E-state index in [0.717, 1.165) is 77.6 Å². The van der Waals surface area contributed by atoms with Crippen molar-refractivity contribution in [2.45, 2.75) is 0 Å². The minimum Gasteiger partial charge on any atom is -0.307 e. The lowest BCUT2D eigenvalue weighted by atomic mass is 10.0. The molecule has 0 amide bonds. The Bertz CT molecular complexity index is 3220. The maximum atomic E-state index is 5.34. The Balaban J connectivity index is 1.22. The Morgan fingerprint density at radius 3 is 1.64 bits per heavy atom. The van der Waals surface area contributed by atoms with Gasteiger partial charge in [-0.25, -0.2) is 4.98 Å². The number of nitrogens with zero attached hydrogens (tertiary/aromatic N) is 7. The molecule has 0 unspecified atom stereocenters. The summed E-state index contributed by atoms with van der Waals surface area (Å²) in [6, 6.07) is 60.8. The molecule has 0 aliphatic rings. The summed E-state index contributed by atoms with van der Waals surface area (Å²) in [7, 11) is 0. The standard InChI is InChI=1S/C49H31N7/c1-3-14-32(15-4-1)33-16-13-17-34(30-33)47-52-48(35-25-28-42(51-31-35)41-22-11-12-29-50-41)54-49(53-47)56-44-24-10-8-21-38(44)40-27-26-39-37-20-7-9-23-43(37)55(45(39)46(40)56)36-18-5-2-6-19-36/h1-31H. The highest BCUT2D eigenvalue weighted by Crippen LogP contribution is 2.41. The number of para-hydroxylation sites is 3. The molecule has 7 nitrogen and oxygen atoms in total. The summed E-state index contributed by atoms with van der Waals surface area (Å²) in [6.45, 7) is 0. The van der Waals surface area contributed by atoms with E-state index in [1.807, 2.05) is 42.6 Å². The van der Waals surface area contributed by atoms with Crippen molar-refractivity contribution in [3.8, 4) is 56.9 Å². The van der Waals surface area contributed by atoms with Crippen molar-refractivity contribution in [2.75, 3.05) is 0 Å². The summed E-state index contributed by atoms with van der Waals surface area (Å²) in [5.74, 6) is 1.61. The van der Waals surface area contributed by atoms with Gasteiger partial charge in [-0.3, -0.25) is 14.5 Å². The third-order valence-electron chi connectivity index (χ3n) is 10.5. The average Bonchev–Trinajstić information content (AvgIpc) is 3.80. The number of pyridine rings is 2. The molecule has 0 saturated heterocycles. The predicted octanol–water partition coefficient (Wildman–Crippen LogP) is 11.5. The van der Waals surface area contributed by atoms with Crippen LogP contribution in [0.4, 0.5) is 0 Å². The molecule has 5 heterocycles. The van der Waals surface area contributed by atoms with Gasteiger partial charge in [0, 0.05) is 50.8 Å². The van der Waals surface area contributed by atoms with Crippen LogP contribution in [-0.2, 0) is 0 Å². The van der Waals surface area contributed by atoms with Gasteiger partial charge in [-0.1, -0.05) is 121 Å². The summed E-state index contributed by atoms with van der Waals surface area (Å²) in [6.07, 6.45) is 3.60. The van der Waals surface area contributed by atoms with Crippen LogP contribution in [0.5, 0.6) is 0 Å². The number of aromatic nitrogens is 7. The van der Waals surface area contributed by atoms with E-state index in [4.69, 9.17) is 19.9 Å². The van der Waals surface area contributed by atoms with E-state index in [0.29, 0.717) is 17.6 Å². The first-order valence-corrected chi connectivity index (χ1v) is 18.6. The summed E-state index contributed by atoms with van der Waals surface area (Å²) in [5, 5.41) is 4.56. The zero-order valence-corrected chi connectivity index (χ0v) is 30.0. The smallest absolute Gasteiger partial charge is 0.238 e. The highest BCUT2D eigenvalue weighted by Gasteiger charge is 2.23. The van der Waals surface area contributed by atoms with Gasteiger partial charge in [-0.15, -0.1) is 0 Å². The van der Waals surface area contributed by atoms with Crippen LogP contribution in [-0.4, -0.2) is 34.1 Å². The molecule has 56 heavy (non-hydrogen) atoms. The fourth-order valence-electron chi connectivity index (χ4n) is 7.94. The van der Waals surface area contributed by atoms with Crippen LogP contribution in [0.2, 0.25) is 0 Å². The number of hydrogen-bond donors (Lipinski definition) is 0.